The summed E-state index contributed by atoms with van der Waals surface area (Å²) in [5.41, 5.74) is 4.32. The van der Waals surface area contributed by atoms with Gasteiger partial charge >= 0.3 is 0 Å². The molecule has 0 saturated carbocycles. The van der Waals surface area contributed by atoms with Crippen LogP contribution in [0.4, 0.5) is 11.4 Å². The Morgan fingerprint density at radius 3 is 1.74 bits per heavy atom. The number of anilines is 2. The molecule has 19 heavy (non-hydrogen) atoms. The van der Waals surface area contributed by atoms with Gasteiger partial charge in [-0.25, -0.2) is 4.98 Å². The van der Waals surface area contributed by atoms with Crippen molar-refractivity contribution in [1.82, 2.24) is 4.98 Å². The molecule has 2 aromatic carbocycles. The van der Waals surface area contributed by atoms with Crippen molar-refractivity contribution in [2.45, 2.75) is 0 Å². The topological polar surface area (TPSA) is 37.0 Å². The standard InChI is InChI=1S/C14H14N3S.HI/c1-15-9-3-5-11-13(7-9)18-14-8-10(16-2)4-6-12(14)17-11;/h3-8,15-16H,1-2H3;1H/q+1;/p-1. The second-order valence-electron chi connectivity index (χ2n) is 4.08. The summed E-state index contributed by atoms with van der Waals surface area (Å²) in [5, 5.41) is 6.31. The van der Waals surface area contributed by atoms with Crippen molar-refractivity contribution in [3.63, 3.8) is 0 Å². The number of aromatic nitrogens is 1. The van der Waals surface area contributed by atoms with Crippen LogP contribution >= 0.6 is 11.3 Å². The summed E-state index contributed by atoms with van der Waals surface area (Å²) in [5.74, 6) is 0. The predicted molar refractivity (Wildman–Crippen MR) is 80.6 cm³/mol. The molecule has 0 aliphatic heterocycles. The number of halogens is 1. The average Bonchev–Trinajstić information content (AvgIpc) is 2.43. The third-order valence-corrected chi connectivity index (χ3v) is 4.05. The van der Waals surface area contributed by atoms with Gasteiger partial charge in [0.2, 0.25) is 11.3 Å². The Morgan fingerprint density at radius 2 is 1.32 bits per heavy atom. The minimum absolute atomic E-state index is 0. The van der Waals surface area contributed by atoms with E-state index in [1.165, 1.54) is 9.40 Å². The molecule has 0 fully saturated rings. The fourth-order valence-electron chi connectivity index (χ4n) is 1.94. The van der Waals surface area contributed by atoms with Crippen molar-refractivity contribution in [3.8, 4) is 0 Å². The molecule has 0 spiro atoms. The van der Waals surface area contributed by atoms with Crippen LogP contribution in [0.2, 0.25) is 0 Å². The van der Waals surface area contributed by atoms with Crippen LogP contribution < -0.4 is 34.6 Å². The zero-order valence-corrected chi connectivity index (χ0v) is 13.7. The molecule has 98 valence electrons. The summed E-state index contributed by atoms with van der Waals surface area (Å²) in [4.78, 5) is 4.68. The first-order chi connectivity index (χ1) is 8.80. The first-order valence-electron chi connectivity index (χ1n) is 5.83. The third-order valence-electron chi connectivity index (χ3n) is 2.96. The van der Waals surface area contributed by atoms with Crippen LogP contribution in [0.5, 0.6) is 0 Å². The Bertz CT molecular complexity index is 671. The summed E-state index contributed by atoms with van der Waals surface area (Å²) in [6.45, 7) is 0. The van der Waals surface area contributed by atoms with Crippen molar-refractivity contribution in [1.29, 1.82) is 0 Å². The van der Waals surface area contributed by atoms with Gasteiger partial charge in [0.1, 0.15) is 11.0 Å². The molecule has 0 amide bonds. The molecular weight excluding hydrogens is 369 g/mol. The quantitative estimate of drug-likeness (QED) is 0.391. The predicted octanol–water partition coefficient (Wildman–Crippen LogP) is 0.818. The number of hydrogen-bond donors (Lipinski definition) is 2. The van der Waals surface area contributed by atoms with Gasteiger partial charge in [-0.15, -0.1) is 0 Å². The Labute approximate surface area is 133 Å². The highest BCUT2D eigenvalue weighted by Crippen LogP contribution is 2.29. The van der Waals surface area contributed by atoms with Gasteiger partial charge in [0.15, 0.2) is 0 Å². The molecule has 3 rings (SSSR count). The lowest BCUT2D eigenvalue weighted by atomic mass is 10.2. The van der Waals surface area contributed by atoms with Gasteiger partial charge in [-0.05, 0) is 24.3 Å². The highest BCUT2D eigenvalue weighted by molar-refractivity contribution is 7.24. The van der Waals surface area contributed by atoms with E-state index in [4.69, 9.17) is 0 Å². The Hall–Kier alpha value is -1.21. The van der Waals surface area contributed by atoms with Crippen LogP contribution in [-0.4, -0.2) is 19.1 Å². The molecule has 3 nitrogen and oxygen atoms in total. The maximum absolute atomic E-state index is 4.68. The van der Waals surface area contributed by atoms with Crippen LogP contribution in [0.3, 0.4) is 0 Å². The smallest absolute Gasteiger partial charge is 0.259 e. The lowest BCUT2D eigenvalue weighted by molar-refractivity contribution is -0.00000351. The second kappa shape index (κ2) is 5.83. The Kier molecular flexibility index (Phi) is 4.36. The van der Waals surface area contributed by atoms with Gasteiger partial charge in [-0.2, -0.15) is 0 Å². The Balaban J connectivity index is 0.00000133. The fourth-order valence-corrected chi connectivity index (χ4v) is 2.98. The van der Waals surface area contributed by atoms with E-state index in [1.807, 2.05) is 14.1 Å². The molecule has 2 N–H and O–H groups in total. The molecule has 0 saturated heterocycles. The molecule has 0 aliphatic rings. The van der Waals surface area contributed by atoms with Gasteiger partial charge < -0.3 is 34.6 Å². The number of rotatable bonds is 2. The van der Waals surface area contributed by atoms with Crippen LogP contribution in [-0.2, 0) is 0 Å². The molecule has 0 unspecified atom stereocenters. The minimum Gasteiger partial charge on any atom is -1.00 e. The zero-order valence-electron chi connectivity index (χ0n) is 10.7. The lowest BCUT2D eigenvalue weighted by Crippen LogP contribution is -3.00. The largest absolute Gasteiger partial charge is 1.00 e. The van der Waals surface area contributed by atoms with Crippen LogP contribution in [0.15, 0.2) is 36.4 Å². The summed E-state index contributed by atoms with van der Waals surface area (Å²) >= 11 is 1.77. The molecular formula is C14H14IN3S. The van der Waals surface area contributed by atoms with Crippen molar-refractivity contribution in [2.24, 2.45) is 0 Å². The maximum atomic E-state index is 4.68. The van der Waals surface area contributed by atoms with Crippen molar-refractivity contribution < 1.29 is 24.0 Å². The number of nitrogens with zero attached hydrogens (tertiary/aromatic N) is 1. The summed E-state index contributed by atoms with van der Waals surface area (Å²) in [6, 6.07) is 12.5. The third kappa shape index (κ3) is 2.71. The van der Waals surface area contributed by atoms with E-state index in [2.05, 4.69) is 52.0 Å². The zero-order chi connectivity index (χ0) is 12.5. The van der Waals surface area contributed by atoms with Crippen LogP contribution in [0, 0.1) is 0 Å². The number of fused-ring (bicyclic) bond motifs is 2. The van der Waals surface area contributed by atoms with Gasteiger partial charge in [-0.3, -0.25) is 0 Å². The fraction of sp³-hybridized carbons (Fsp3) is 0.143. The molecule has 1 heterocycles. The first kappa shape index (κ1) is 14.2. The molecule has 0 bridgehead atoms. The van der Waals surface area contributed by atoms with E-state index in [-0.39, 0.29) is 24.0 Å². The molecule has 3 aromatic rings. The van der Waals surface area contributed by atoms with E-state index < -0.39 is 0 Å². The second-order valence-corrected chi connectivity index (χ2v) is 5.16. The Morgan fingerprint density at radius 1 is 0.842 bits per heavy atom. The normalized spacial score (nSPS) is 10.2. The van der Waals surface area contributed by atoms with E-state index in [0.29, 0.717) is 0 Å². The summed E-state index contributed by atoms with van der Waals surface area (Å²) in [7, 11) is 3.86. The summed E-state index contributed by atoms with van der Waals surface area (Å²) in [6.07, 6.45) is 0. The van der Waals surface area contributed by atoms with Crippen molar-refractivity contribution in [2.75, 3.05) is 24.7 Å². The van der Waals surface area contributed by atoms with Gasteiger partial charge in [0.05, 0.1) is 0 Å². The average molecular weight is 383 g/mol. The van der Waals surface area contributed by atoms with Crippen LogP contribution in [0.1, 0.15) is 0 Å². The molecule has 0 aliphatic carbocycles. The first-order valence-corrected chi connectivity index (χ1v) is 6.65. The van der Waals surface area contributed by atoms with E-state index in [0.717, 1.165) is 22.4 Å². The van der Waals surface area contributed by atoms with Gasteiger partial charge in [0, 0.05) is 37.6 Å². The highest BCUT2D eigenvalue weighted by Gasteiger charge is 2.13. The molecule has 1 aromatic heterocycles. The summed E-state index contributed by atoms with van der Waals surface area (Å²) < 4.78 is 2.39. The van der Waals surface area contributed by atoms with Gasteiger partial charge in [-0.1, -0.05) is 0 Å². The molecule has 0 atom stereocenters. The van der Waals surface area contributed by atoms with E-state index in [1.54, 1.807) is 11.3 Å². The van der Waals surface area contributed by atoms with Gasteiger partial charge in [0.25, 0.3) is 9.40 Å². The van der Waals surface area contributed by atoms with Crippen molar-refractivity contribution in [3.05, 3.63) is 36.4 Å². The monoisotopic (exact) mass is 383 g/mol. The maximum Gasteiger partial charge on any atom is 0.259 e. The molecule has 0 radical (unpaired) electrons. The van der Waals surface area contributed by atoms with E-state index in [9.17, 15) is 0 Å². The number of nitrogens with one attached hydrogen (secondary N) is 2. The number of hydrogen-bond acceptors (Lipinski definition) is 3. The highest BCUT2D eigenvalue weighted by atomic mass is 127. The SMILES string of the molecule is CNc1ccc2nc3ccc(NC)cc3[s+]c2c1.[I-]. The lowest BCUT2D eigenvalue weighted by Gasteiger charge is -1.99. The number of benzene rings is 2. The van der Waals surface area contributed by atoms with Crippen LogP contribution in [0.25, 0.3) is 20.4 Å². The van der Waals surface area contributed by atoms with Crippen molar-refractivity contribution >= 4 is 43.1 Å². The molecule has 5 heteroatoms. The minimum atomic E-state index is 0. The van der Waals surface area contributed by atoms with E-state index >= 15 is 0 Å².